The molecule has 0 spiro atoms. The van der Waals surface area contributed by atoms with Crippen molar-refractivity contribution < 1.29 is 19.1 Å². The molecule has 7 heteroatoms. The average molecular weight is 243 g/mol. The molecule has 0 fully saturated rings. The fourth-order valence-corrected chi connectivity index (χ4v) is 0.183. The Morgan fingerprint density at radius 2 is 1.40 bits per heavy atom. The molecule has 92 valence electrons. The highest BCUT2D eigenvalue weighted by Gasteiger charge is 1.97. The molecule has 1 N–H and O–H groups in total. The van der Waals surface area contributed by atoms with Crippen molar-refractivity contribution in [1.29, 1.82) is 0 Å². The Morgan fingerprint density at radius 1 is 1.13 bits per heavy atom. The first-order valence-corrected chi connectivity index (χ1v) is 4.32. The fourth-order valence-electron chi connectivity index (χ4n) is 0.183. The zero-order valence-corrected chi connectivity index (χ0v) is 10.7. The van der Waals surface area contributed by atoms with Gasteiger partial charge in [0.15, 0.2) is 0 Å². The highest BCUT2D eigenvalue weighted by Crippen LogP contribution is 1.78. The number of rotatable bonds is 0. The molecule has 6 nitrogen and oxygen atoms in total. The minimum Gasteiger partial charge on any atom is -0.457 e. The molecule has 0 aliphatic heterocycles. The van der Waals surface area contributed by atoms with Crippen LogP contribution < -0.4 is 5.32 Å². The summed E-state index contributed by atoms with van der Waals surface area (Å²) >= 11 is 4.60. The first kappa shape index (κ1) is 19.5. The second kappa shape index (κ2) is 15.5. The Hall–Kier alpha value is -1.01. The molecule has 0 atom stereocenters. The van der Waals surface area contributed by atoms with Crippen molar-refractivity contribution in [2.24, 2.45) is 0 Å². The van der Waals surface area contributed by atoms with Crippen LogP contribution in [0.2, 0.25) is 0 Å². The summed E-state index contributed by atoms with van der Waals surface area (Å²) in [7, 11) is 9.58. The molecule has 0 unspecified atom stereocenters. The monoisotopic (exact) mass is 242 g/mol. The molecule has 0 rings (SSSR count). The SMILES string of the molecule is CNC.COC(=O)Cl.COC(=O)N(C)C. The van der Waals surface area contributed by atoms with Gasteiger partial charge in [-0.15, -0.1) is 0 Å². The van der Waals surface area contributed by atoms with Gasteiger partial charge in [-0.3, -0.25) is 0 Å². The third-order valence-corrected chi connectivity index (χ3v) is 0.855. The van der Waals surface area contributed by atoms with Crippen LogP contribution in [0.25, 0.3) is 0 Å². The summed E-state index contributed by atoms with van der Waals surface area (Å²) in [6.07, 6.45) is -0.319. The molecular formula is C8H19ClN2O4. The van der Waals surface area contributed by atoms with Gasteiger partial charge in [0.2, 0.25) is 0 Å². The van der Waals surface area contributed by atoms with Gasteiger partial charge in [-0.25, -0.2) is 9.59 Å². The highest BCUT2D eigenvalue weighted by molar-refractivity contribution is 6.61. The van der Waals surface area contributed by atoms with Gasteiger partial charge in [0.1, 0.15) is 0 Å². The zero-order valence-electron chi connectivity index (χ0n) is 9.96. The molecule has 0 saturated heterocycles. The predicted octanol–water partition coefficient (Wildman–Crippen LogP) is 1.14. The first-order valence-electron chi connectivity index (χ1n) is 3.94. The molecule has 1 amide bonds. The van der Waals surface area contributed by atoms with Crippen molar-refractivity contribution in [2.45, 2.75) is 0 Å². The summed E-state index contributed by atoms with van der Waals surface area (Å²) in [5.74, 6) is 0. The van der Waals surface area contributed by atoms with Gasteiger partial charge in [-0.1, -0.05) is 0 Å². The summed E-state index contributed by atoms with van der Waals surface area (Å²) in [6, 6.07) is 0. The number of methoxy groups -OCH3 is 2. The lowest BCUT2D eigenvalue weighted by Gasteiger charge is -2.05. The first-order chi connectivity index (χ1) is 6.87. The number of ether oxygens (including phenoxy) is 2. The van der Waals surface area contributed by atoms with Crippen molar-refractivity contribution in [3.05, 3.63) is 0 Å². The van der Waals surface area contributed by atoms with Gasteiger partial charge >= 0.3 is 11.5 Å². The summed E-state index contributed by atoms with van der Waals surface area (Å²) < 4.78 is 8.18. The van der Waals surface area contributed by atoms with E-state index in [1.807, 2.05) is 14.1 Å². The second-order valence-corrected chi connectivity index (χ2v) is 2.61. The summed E-state index contributed by atoms with van der Waals surface area (Å²) in [5.41, 5.74) is -0.773. The smallest absolute Gasteiger partial charge is 0.408 e. The van der Waals surface area contributed by atoms with Crippen LogP contribution >= 0.6 is 11.6 Å². The fraction of sp³-hybridized carbons (Fsp3) is 0.750. The van der Waals surface area contributed by atoms with Crippen LogP contribution in [-0.4, -0.2) is 58.8 Å². The van der Waals surface area contributed by atoms with E-state index in [0.717, 1.165) is 0 Å². The molecule has 0 heterocycles. The maximum absolute atomic E-state index is 10.2. The Bertz CT molecular complexity index is 165. The molecule has 0 saturated carbocycles. The van der Waals surface area contributed by atoms with Crippen LogP contribution in [0.1, 0.15) is 0 Å². The Labute approximate surface area is 95.5 Å². The number of amides is 1. The van der Waals surface area contributed by atoms with E-state index in [-0.39, 0.29) is 6.09 Å². The number of carbonyl (C=O) groups excluding carboxylic acids is 2. The van der Waals surface area contributed by atoms with E-state index in [4.69, 9.17) is 0 Å². The summed E-state index contributed by atoms with van der Waals surface area (Å²) in [4.78, 5) is 20.9. The van der Waals surface area contributed by atoms with Gasteiger partial charge in [-0.05, 0) is 14.1 Å². The van der Waals surface area contributed by atoms with Crippen LogP contribution in [0.3, 0.4) is 0 Å². The van der Waals surface area contributed by atoms with Crippen LogP contribution in [0.5, 0.6) is 0 Å². The van der Waals surface area contributed by atoms with Gasteiger partial charge in [0, 0.05) is 25.7 Å². The lowest BCUT2D eigenvalue weighted by atomic mass is 10.9. The molecule has 0 aliphatic carbocycles. The van der Waals surface area contributed by atoms with Crippen molar-refractivity contribution in [1.82, 2.24) is 10.2 Å². The quantitative estimate of drug-likeness (QED) is 0.646. The van der Waals surface area contributed by atoms with Gasteiger partial charge < -0.3 is 19.7 Å². The van der Waals surface area contributed by atoms with E-state index in [9.17, 15) is 9.59 Å². The predicted molar refractivity (Wildman–Crippen MR) is 59.3 cm³/mol. The number of halogens is 1. The van der Waals surface area contributed by atoms with Crippen LogP contribution in [0, 0.1) is 0 Å². The molecule has 0 bridgehead atoms. The molecule has 0 aliphatic rings. The van der Waals surface area contributed by atoms with E-state index in [1.165, 1.54) is 19.1 Å². The van der Waals surface area contributed by atoms with Crippen LogP contribution in [0.15, 0.2) is 0 Å². The Kier molecular flexibility index (Phi) is 20.1. The molecule has 0 aromatic rings. The lowest BCUT2D eigenvalue weighted by molar-refractivity contribution is 0.141. The summed E-state index contributed by atoms with van der Waals surface area (Å²) in [5, 5.41) is 2.75. The minimum atomic E-state index is -0.773. The molecular weight excluding hydrogens is 224 g/mol. The number of nitrogens with zero attached hydrogens (tertiary/aromatic N) is 1. The van der Waals surface area contributed by atoms with Crippen molar-refractivity contribution in [2.75, 3.05) is 42.4 Å². The number of nitrogens with one attached hydrogen (secondary N) is 1. The Balaban J connectivity index is -0.000000158. The maximum atomic E-state index is 10.2. The van der Waals surface area contributed by atoms with Gasteiger partial charge in [0.25, 0.3) is 0 Å². The normalized spacial score (nSPS) is 7.13. The molecule has 0 aromatic carbocycles. The van der Waals surface area contributed by atoms with Crippen molar-refractivity contribution in [3.63, 3.8) is 0 Å². The molecule has 15 heavy (non-hydrogen) atoms. The number of hydrogen-bond donors (Lipinski definition) is 1. The van der Waals surface area contributed by atoms with E-state index < -0.39 is 5.43 Å². The van der Waals surface area contributed by atoms with Crippen LogP contribution in [-0.2, 0) is 9.47 Å². The van der Waals surface area contributed by atoms with Crippen LogP contribution in [0.4, 0.5) is 9.59 Å². The lowest BCUT2D eigenvalue weighted by Crippen LogP contribution is -2.20. The third-order valence-electron chi connectivity index (χ3n) is 0.700. The van der Waals surface area contributed by atoms with E-state index in [2.05, 4.69) is 26.4 Å². The van der Waals surface area contributed by atoms with Crippen molar-refractivity contribution in [3.8, 4) is 0 Å². The summed E-state index contributed by atoms with van der Waals surface area (Å²) in [6.45, 7) is 0. The molecule has 0 radical (unpaired) electrons. The second-order valence-electron chi connectivity index (χ2n) is 2.31. The van der Waals surface area contributed by atoms with Crippen molar-refractivity contribution >= 4 is 23.1 Å². The van der Waals surface area contributed by atoms with E-state index >= 15 is 0 Å². The molecule has 0 aromatic heterocycles. The largest absolute Gasteiger partial charge is 0.457 e. The number of carbonyl (C=O) groups is 2. The van der Waals surface area contributed by atoms with Gasteiger partial charge in [0.05, 0.1) is 14.2 Å². The van der Waals surface area contributed by atoms with Gasteiger partial charge in [-0.2, -0.15) is 0 Å². The zero-order chi connectivity index (χ0) is 12.9. The topological polar surface area (TPSA) is 67.9 Å². The van der Waals surface area contributed by atoms with E-state index in [1.54, 1.807) is 14.1 Å². The Morgan fingerprint density at radius 3 is 1.40 bits per heavy atom. The minimum absolute atomic E-state index is 0.319. The highest BCUT2D eigenvalue weighted by atomic mass is 35.5. The van der Waals surface area contributed by atoms with E-state index in [0.29, 0.717) is 0 Å². The third kappa shape index (κ3) is 32.1. The number of hydrogen-bond acceptors (Lipinski definition) is 5. The maximum Gasteiger partial charge on any atom is 0.408 e. The standard InChI is InChI=1S/C4H9NO2.C2H3ClO2.C2H7N/c1-5(2)4(6)7-3;1-5-2(3)4;1-3-2/h1-3H3;1H3;3H,1-2H3. The average Bonchev–Trinajstić information content (AvgIpc) is 2.18.